The molecule has 1 saturated carbocycles. The number of hydrogen-bond acceptors (Lipinski definition) is 4. The molecule has 132 valence electrons. The normalized spacial score (nSPS) is 26.9. The molecule has 2 heterocycles. The van der Waals surface area contributed by atoms with Crippen molar-refractivity contribution in [3.8, 4) is 0 Å². The van der Waals surface area contributed by atoms with Crippen LogP contribution in [0.4, 0.5) is 0 Å². The lowest BCUT2D eigenvalue weighted by Crippen LogP contribution is -2.66. The Morgan fingerprint density at radius 3 is 2.88 bits per heavy atom. The number of hydrogen-bond donors (Lipinski definition) is 2. The third-order valence-electron chi connectivity index (χ3n) is 5.76. The Morgan fingerprint density at radius 2 is 2.12 bits per heavy atom. The van der Waals surface area contributed by atoms with E-state index in [4.69, 9.17) is 17.0 Å². The zero-order chi connectivity index (χ0) is 17.9. The van der Waals surface area contributed by atoms with Crippen LogP contribution in [-0.4, -0.2) is 46.6 Å². The van der Waals surface area contributed by atoms with Crippen molar-refractivity contribution in [1.29, 1.82) is 0 Å². The molecule has 1 aromatic heterocycles. The largest absolute Gasteiger partial charge is 0.377 e. The van der Waals surface area contributed by atoms with Gasteiger partial charge in [0.1, 0.15) is 0 Å². The average Bonchev–Trinajstić information content (AvgIpc) is 2.99. The predicted octanol–water partition coefficient (Wildman–Crippen LogP) is 2.47. The lowest BCUT2D eigenvalue weighted by molar-refractivity contribution is -0.139. The molecule has 0 radical (unpaired) electrons. The molecule has 0 spiro atoms. The number of rotatable bonds is 2. The van der Waals surface area contributed by atoms with E-state index >= 15 is 0 Å². The fraction of sp³-hybridized carbons (Fsp3) is 0.500. The van der Waals surface area contributed by atoms with E-state index in [1.807, 2.05) is 11.9 Å². The maximum absolute atomic E-state index is 13.0. The van der Waals surface area contributed by atoms with Gasteiger partial charge < -0.3 is 14.6 Å². The van der Waals surface area contributed by atoms with Gasteiger partial charge in [-0.3, -0.25) is 14.6 Å². The van der Waals surface area contributed by atoms with Gasteiger partial charge in [-0.15, -0.1) is 0 Å². The highest BCUT2D eigenvalue weighted by Crippen LogP contribution is 2.54. The summed E-state index contributed by atoms with van der Waals surface area (Å²) in [5.74, 6) is 0.350. The molecule has 2 N–H and O–H groups in total. The number of nitrogens with one attached hydrogen (secondary N) is 2. The van der Waals surface area contributed by atoms with Crippen molar-refractivity contribution in [2.24, 2.45) is 11.3 Å². The smallest absolute Gasteiger partial charge is 0.259 e. The number of aromatic amines is 2. The minimum Gasteiger partial charge on any atom is -0.377 e. The van der Waals surface area contributed by atoms with Crippen LogP contribution >= 0.6 is 12.2 Å². The molecule has 25 heavy (non-hydrogen) atoms. The molecule has 0 bridgehead atoms. The Labute approximate surface area is 150 Å². The first kappa shape index (κ1) is 16.5. The van der Waals surface area contributed by atoms with E-state index in [0.717, 1.165) is 13.0 Å². The van der Waals surface area contributed by atoms with Gasteiger partial charge in [0.25, 0.3) is 11.5 Å². The second kappa shape index (κ2) is 5.51. The van der Waals surface area contributed by atoms with Crippen LogP contribution in [0.5, 0.6) is 0 Å². The number of benzene rings is 1. The van der Waals surface area contributed by atoms with Crippen LogP contribution in [0.1, 0.15) is 30.6 Å². The van der Waals surface area contributed by atoms with Gasteiger partial charge in [-0.05, 0) is 36.8 Å². The maximum Gasteiger partial charge on any atom is 0.259 e. The van der Waals surface area contributed by atoms with Crippen molar-refractivity contribution in [2.45, 2.75) is 32.4 Å². The van der Waals surface area contributed by atoms with Gasteiger partial charge in [0.2, 0.25) is 0 Å². The molecule has 6 nitrogen and oxygen atoms in total. The highest BCUT2D eigenvalue weighted by atomic mass is 32.1. The molecule has 1 aliphatic heterocycles. The summed E-state index contributed by atoms with van der Waals surface area (Å²) in [5.41, 5.74) is 0.809. The Bertz CT molecular complexity index is 977. The standard InChI is InChI=1S/C18H21N3O3S/c1-18(2)13(11-6-7-24-14(11)18)21(3)16(23)9-4-5-10-12(8-9)19-17(25)20-15(10)22/h4-5,8,11,13-14H,6-7H2,1-3H3,(H2,19,20,22,25)/t11-,13-,14-/m1/s1. The number of fused-ring (bicyclic) bond motifs is 2. The van der Waals surface area contributed by atoms with Crippen LogP contribution < -0.4 is 5.56 Å². The zero-order valence-corrected chi connectivity index (χ0v) is 15.3. The predicted molar refractivity (Wildman–Crippen MR) is 97.3 cm³/mol. The van der Waals surface area contributed by atoms with Crippen LogP contribution in [0.15, 0.2) is 23.0 Å². The quantitative estimate of drug-likeness (QED) is 0.808. The first-order valence-corrected chi connectivity index (χ1v) is 8.86. The summed E-state index contributed by atoms with van der Waals surface area (Å²) in [7, 11) is 1.85. The molecule has 2 aliphatic rings. The summed E-state index contributed by atoms with van der Waals surface area (Å²) >= 11 is 5.02. The molecular weight excluding hydrogens is 338 g/mol. The van der Waals surface area contributed by atoms with Crippen LogP contribution in [-0.2, 0) is 4.74 Å². The SMILES string of the molecule is CN(C(=O)c1ccc2c(=O)[nH]c(=S)[nH]c2c1)[C@@H]1[C@H]2CCO[C@H]2C1(C)C. The fourth-order valence-corrected chi connectivity index (χ4v) is 4.92. The fourth-order valence-electron chi connectivity index (χ4n) is 4.72. The van der Waals surface area contributed by atoms with Crippen molar-refractivity contribution < 1.29 is 9.53 Å². The van der Waals surface area contributed by atoms with Gasteiger partial charge in [-0.2, -0.15) is 0 Å². The van der Waals surface area contributed by atoms with Crippen molar-refractivity contribution >= 4 is 29.0 Å². The zero-order valence-electron chi connectivity index (χ0n) is 14.5. The van der Waals surface area contributed by atoms with Crippen LogP contribution in [0, 0.1) is 16.1 Å². The van der Waals surface area contributed by atoms with Crippen molar-refractivity contribution in [1.82, 2.24) is 14.9 Å². The highest BCUT2D eigenvalue weighted by Gasteiger charge is 2.61. The van der Waals surface area contributed by atoms with Crippen LogP contribution in [0.2, 0.25) is 0 Å². The van der Waals surface area contributed by atoms with Crippen LogP contribution in [0.3, 0.4) is 0 Å². The summed E-state index contributed by atoms with van der Waals surface area (Å²) in [6.07, 6.45) is 1.23. The van der Waals surface area contributed by atoms with E-state index in [1.54, 1.807) is 18.2 Å². The molecule has 2 aromatic rings. The summed E-state index contributed by atoms with van der Waals surface area (Å²) in [6, 6.07) is 5.21. The Balaban J connectivity index is 1.68. The Hall–Kier alpha value is -1.99. The molecule has 4 rings (SSSR count). The third-order valence-corrected chi connectivity index (χ3v) is 5.97. The number of carbonyl (C=O) groups excluding carboxylic acids is 1. The average molecular weight is 359 g/mol. The van der Waals surface area contributed by atoms with Gasteiger partial charge in [0.05, 0.1) is 17.0 Å². The van der Waals surface area contributed by atoms with E-state index in [-0.39, 0.29) is 33.8 Å². The molecule has 3 atom stereocenters. The van der Waals surface area contributed by atoms with E-state index in [2.05, 4.69) is 23.8 Å². The third kappa shape index (κ3) is 2.37. The van der Waals surface area contributed by atoms with Gasteiger partial charge in [-0.1, -0.05) is 13.8 Å². The maximum atomic E-state index is 13.0. The number of aromatic nitrogens is 2. The number of H-pyrrole nitrogens is 2. The number of nitrogens with zero attached hydrogens (tertiary/aromatic N) is 1. The van der Waals surface area contributed by atoms with Crippen LogP contribution in [0.25, 0.3) is 10.9 Å². The van der Waals surface area contributed by atoms with E-state index < -0.39 is 0 Å². The molecule has 1 aliphatic carbocycles. The number of ether oxygens (including phenoxy) is 1. The topological polar surface area (TPSA) is 78.2 Å². The monoisotopic (exact) mass is 359 g/mol. The summed E-state index contributed by atoms with van der Waals surface area (Å²) in [6.45, 7) is 5.09. The highest BCUT2D eigenvalue weighted by molar-refractivity contribution is 7.71. The number of carbonyl (C=O) groups is 1. The number of amides is 1. The minimum atomic E-state index is -0.253. The molecule has 0 unspecified atom stereocenters. The Kier molecular flexibility index (Phi) is 3.63. The van der Waals surface area contributed by atoms with E-state index in [0.29, 0.717) is 22.4 Å². The second-order valence-corrected chi connectivity index (χ2v) is 8.00. The van der Waals surface area contributed by atoms with Crippen molar-refractivity contribution in [3.63, 3.8) is 0 Å². The first-order chi connectivity index (χ1) is 11.8. The van der Waals surface area contributed by atoms with E-state index in [9.17, 15) is 9.59 Å². The summed E-state index contributed by atoms with van der Waals surface area (Å²) < 4.78 is 6.08. The molecule has 1 saturated heterocycles. The molecule has 7 heteroatoms. The van der Waals surface area contributed by atoms with Gasteiger partial charge in [0.15, 0.2) is 4.77 Å². The molecule has 2 fully saturated rings. The summed E-state index contributed by atoms with van der Waals surface area (Å²) in [4.78, 5) is 32.3. The van der Waals surface area contributed by atoms with Gasteiger partial charge >= 0.3 is 0 Å². The lowest BCUT2D eigenvalue weighted by atomic mass is 9.56. The van der Waals surface area contributed by atoms with E-state index in [1.165, 1.54) is 0 Å². The first-order valence-electron chi connectivity index (χ1n) is 8.46. The molecule has 1 aromatic carbocycles. The molecular formula is C18H21N3O3S. The van der Waals surface area contributed by atoms with Crippen molar-refractivity contribution in [2.75, 3.05) is 13.7 Å². The molecule has 1 amide bonds. The minimum absolute atomic E-state index is 0.0510. The second-order valence-electron chi connectivity index (χ2n) is 7.59. The van der Waals surface area contributed by atoms with Crippen molar-refractivity contribution in [3.05, 3.63) is 38.9 Å². The Morgan fingerprint density at radius 1 is 1.36 bits per heavy atom. The lowest BCUT2D eigenvalue weighted by Gasteiger charge is -2.57. The van der Waals surface area contributed by atoms with Gasteiger partial charge in [-0.25, -0.2) is 0 Å². The summed E-state index contributed by atoms with van der Waals surface area (Å²) in [5, 5.41) is 0.487. The van der Waals surface area contributed by atoms with Gasteiger partial charge in [0, 0.05) is 36.6 Å².